The Bertz CT molecular complexity index is 1800. The summed E-state index contributed by atoms with van der Waals surface area (Å²) in [5, 5.41) is 18.7. The number of pyridine rings is 1. The number of carbonyl (C=O) groups excluding carboxylic acids is 2. The first-order valence-corrected chi connectivity index (χ1v) is 16.7. The number of aryl methyl sites for hydroxylation is 1. The number of amides is 1. The van der Waals surface area contributed by atoms with Gasteiger partial charge in [-0.25, -0.2) is 22.8 Å². The predicted octanol–water partition coefficient (Wildman–Crippen LogP) is 0.818. The van der Waals surface area contributed by atoms with Gasteiger partial charge in [0.25, 0.3) is 17.8 Å². The molecule has 1 unspecified atom stereocenters. The summed E-state index contributed by atoms with van der Waals surface area (Å²) in [5.41, 5.74) is 11.3. The number of hydrogen-bond donors (Lipinski definition) is 4. The molecule has 0 radical (unpaired) electrons. The summed E-state index contributed by atoms with van der Waals surface area (Å²) in [4.78, 5) is 47.1. The van der Waals surface area contributed by atoms with E-state index in [-0.39, 0.29) is 10.8 Å². The molecule has 0 saturated carbocycles. The van der Waals surface area contributed by atoms with Crippen molar-refractivity contribution in [3.63, 3.8) is 0 Å². The van der Waals surface area contributed by atoms with Crippen molar-refractivity contribution in [2.75, 3.05) is 30.7 Å². The van der Waals surface area contributed by atoms with Crippen molar-refractivity contribution >= 4 is 56.1 Å². The molecule has 258 valence electrons. The van der Waals surface area contributed by atoms with Gasteiger partial charge in [0, 0.05) is 17.9 Å². The number of anilines is 2. The van der Waals surface area contributed by atoms with E-state index in [2.05, 4.69) is 19.7 Å². The van der Waals surface area contributed by atoms with Gasteiger partial charge in [-0.05, 0) is 56.1 Å². The van der Waals surface area contributed by atoms with Crippen molar-refractivity contribution < 1.29 is 50.9 Å². The number of β-lactam (4-membered cyclic amide) rings is 1. The minimum absolute atomic E-state index is 0.0322. The van der Waals surface area contributed by atoms with Crippen LogP contribution in [-0.2, 0) is 41.0 Å². The molecule has 0 spiro atoms. The molecule has 0 bridgehead atoms. The van der Waals surface area contributed by atoms with Crippen LogP contribution in [0, 0.1) is 5.92 Å². The quantitative estimate of drug-likeness (QED) is 0.0289. The summed E-state index contributed by atoms with van der Waals surface area (Å²) >= 11 is 0.980. The van der Waals surface area contributed by atoms with Gasteiger partial charge in [0.2, 0.25) is 10.4 Å². The Morgan fingerprint density at radius 3 is 2.54 bits per heavy atom. The molecule has 4 rings (SSSR count). The highest BCUT2D eigenvalue weighted by Crippen LogP contribution is 2.40. The Balaban J connectivity index is 1.44. The van der Waals surface area contributed by atoms with E-state index in [0.29, 0.717) is 17.4 Å². The van der Waals surface area contributed by atoms with E-state index in [0.717, 1.165) is 41.2 Å². The highest BCUT2D eigenvalue weighted by atomic mass is 32.3. The number of nitrogens with two attached hydrogens (primary N) is 2. The molecular weight excluding hydrogens is 670 g/mol. The van der Waals surface area contributed by atoms with Crippen molar-refractivity contribution in [2.45, 2.75) is 38.3 Å². The molecule has 3 aromatic rings. The van der Waals surface area contributed by atoms with E-state index in [1.54, 1.807) is 12.1 Å². The van der Waals surface area contributed by atoms with Crippen LogP contribution in [0.2, 0.25) is 0 Å². The van der Waals surface area contributed by atoms with E-state index < -0.39 is 64.4 Å². The second kappa shape index (κ2) is 15.0. The first-order chi connectivity index (χ1) is 22.6. The number of thiazole rings is 1. The number of aromatic nitrogens is 2. The largest absolute Gasteiger partial charge is 0.724 e. The number of hydrogen-bond acceptors (Lipinski definition) is 15. The van der Waals surface area contributed by atoms with Crippen LogP contribution in [0.3, 0.4) is 0 Å². The molecule has 19 heteroatoms. The summed E-state index contributed by atoms with van der Waals surface area (Å²) < 4.78 is 44.9. The summed E-state index contributed by atoms with van der Waals surface area (Å²) in [6.07, 6.45) is 0.575. The fourth-order valence-corrected chi connectivity index (χ4v) is 5.70. The lowest BCUT2D eigenvalue weighted by Gasteiger charge is -2.51. The Morgan fingerprint density at radius 2 is 1.96 bits per heavy atom. The van der Waals surface area contributed by atoms with Crippen molar-refractivity contribution in [3.8, 4) is 16.9 Å². The Labute approximate surface area is 280 Å². The number of aliphatic carboxylic acids is 1. The lowest BCUT2D eigenvalue weighted by molar-refractivity contribution is -0.657. The molecule has 17 nitrogen and oxygen atoms in total. The Kier molecular flexibility index (Phi) is 11.3. The third kappa shape index (κ3) is 8.81. The molecule has 0 aliphatic carbocycles. The highest BCUT2D eigenvalue weighted by molar-refractivity contribution is 7.80. The van der Waals surface area contributed by atoms with Gasteiger partial charge in [-0.3, -0.25) is 14.9 Å². The fraction of sp³-hybridized carbons (Fsp3) is 0.379. The van der Waals surface area contributed by atoms with Gasteiger partial charge >= 0.3 is 5.97 Å². The van der Waals surface area contributed by atoms with Crippen molar-refractivity contribution in [3.05, 3.63) is 53.7 Å². The Morgan fingerprint density at radius 1 is 1.25 bits per heavy atom. The van der Waals surface area contributed by atoms with Crippen LogP contribution in [0.5, 0.6) is 5.75 Å². The lowest BCUT2D eigenvalue weighted by atomic mass is 9.74. The van der Waals surface area contributed by atoms with Crippen LogP contribution in [0.25, 0.3) is 11.1 Å². The summed E-state index contributed by atoms with van der Waals surface area (Å²) in [6, 6.07) is 10.9. The molecule has 6 N–H and O–H groups in total. The van der Waals surface area contributed by atoms with Crippen LogP contribution in [0.4, 0.5) is 10.9 Å². The van der Waals surface area contributed by atoms with Crippen molar-refractivity contribution in [1.29, 1.82) is 0 Å². The van der Waals surface area contributed by atoms with Gasteiger partial charge in [0.1, 0.15) is 18.1 Å². The zero-order chi connectivity index (χ0) is 35.2. The molecule has 1 aliphatic rings. The third-order valence-corrected chi connectivity index (χ3v) is 8.44. The first-order valence-electron chi connectivity index (χ1n) is 14.5. The molecule has 2 aromatic heterocycles. The van der Waals surface area contributed by atoms with Crippen LogP contribution >= 0.6 is 11.3 Å². The molecule has 1 saturated heterocycles. The maximum absolute atomic E-state index is 13.3. The number of nitrogen functional groups attached to an aromatic ring is 1. The number of ketones is 1. The average molecular weight is 706 g/mol. The standard InChI is InChI=1S/C29H35N7O10S2/c1-29(2)20(26(38)36(29)46-48(41,42)43)14-22(37)25(21-16-47-28(31)33-21)34-45-23(27(39)40)15-44-19-7-5-17(6-8-19)18-9-12-35(3)24(13-18)32-11-4-10-30/h5-9,12-13,16,20,23H,4,10-11,14-15,30H2,1-3H3,(H4,31,33,39,40,41,42,43)/b34-25-/t20-,23?/m1/s1. The fourth-order valence-electron chi connectivity index (χ4n) is 4.71. The van der Waals surface area contributed by atoms with Crippen molar-refractivity contribution in [1.82, 2.24) is 10.0 Å². The first kappa shape index (κ1) is 36.2. The number of carbonyl (C=O) groups is 3. The normalized spacial score (nSPS) is 16.6. The molecule has 1 amide bonds. The highest BCUT2D eigenvalue weighted by Gasteiger charge is 2.57. The number of ether oxygens (including phenoxy) is 1. The smallest absolute Gasteiger partial charge is 0.351 e. The maximum atomic E-state index is 13.3. The number of carboxylic acids is 1. The second-order valence-electron chi connectivity index (χ2n) is 11.2. The lowest BCUT2D eigenvalue weighted by Crippen LogP contribution is -2.68. The predicted molar refractivity (Wildman–Crippen MR) is 171 cm³/mol. The number of hydroxylamine groups is 2. The van der Waals surface area contributed by atoms with E-state index in [9.17, 15) is 32.5 Å². The minimum Gasteiger partial charge on any atom is -0.724 e. The van der Waals surface area contributed by atoms with Gasteiger partial charge in [-0.1, -0.05) is 17.3 Å². The maximum Gasteiger partial charge on any atom is 0.351 e. The number of nitrogens with zero attached hydrogens (tertiary/aromatic N) is 4. The molecule has 2 atom stereocenters. The van der Waals surface area contributed by atoms with Crippen LogP contribution in [0.15, 0.2) is 53.1 Å². The average Bonchev–Trinajstić information content (AvgIpc) is 3.46. The number of carboxylic acid groups (broad SMARTS) is 1. The Hall–Kier alpha value is -4.69. The summed E-state index contributed by atoms with van der Waals surface area (Å²) in [7, 11) is -3.32. The number of nitrogens with one attached hydrogen (secondary N) is 1. The molecule has 48 heavy (non-hydrogen) atoms. The zero-order valence-electron chi connectivity index (χ0n) is 26.2. The summed E-state index contributed by atoms with van der Waals surface area (Å²) in [5.74, 6) is -2.99. The topological polar surface area (TPSA) is 253 Å². The SMILES string of the molecule is C[n+]1ccc(-c2ccc(OCC(O/N=C(\C(=O)C[C@@H]3C(=O)N(OS(=O)(=O)[O-])C3(C)C)c3csc(N)n3)C(=O)O)cc2)cc1NCCCN. The molecule has 1 aromatic carbocycles. The van der Waals surface area contributed by atoms with Gasteiger partial charge in [-0.15, -0.1) is 11.3 Å². The van der Waals surface area contributed by atoms with Crippen LogP contribution in [-0.4, -0.2) is 82.8 Å². The van der Waals surface area contributed by atoms with Gasteiger partial charge < -0.3 is 30.7 Å². The zero-order valence-corrected chi connectivity index (χ0v) is 27.8. The van der Waals surface area contributed by atoms with E-state index in [1.807, 2.05) is 42.1 Å². The van der Waals surface area contributed by atoms with Gasteiger partial charge in [0.15, 0.2) is 16.6 Å². The molecule has 1 aliphatic heterocycles. The number of Topliss-reactive ketones (excluding diaryl/α,β-unsaturated/α-hetero) is 1. The minimum atomic E-state index is -5.24. The molecule has 3 heterocycles. The van der Waals surface area contributed by atoms with Crippen molar-refractivity contribution in [2.24, 2.45) is 23.9 Å². The van der Waals surface area contributed by atoms with Gasteiger partial charge in [-0.2, -0.15) is 9.35 Å². The van der Waals surface area contributed by atoms with E-state index >= 15 is 0 Å². The number of benzene rings is 1. The number of rotatable bonds is 17. The van der Waals surface area contributed by atoms with E-state index in [1.165, 1.54) is 19.2 Å². The van der Waals surface area contributed by atoms with Crippen LogP contribution in [0.1, 0.15) is 32.4 Å². The molecule has 1 fully saturated rings. The number of oxime groups is 1. The second-order valence-corrected chi connectivity index (χ2v) is 13.1. The van der Waals surface area contributed by atoms with Crippen LogP contribution < -0.4 is 26.1 Å². The third-order valence-electron chi connectivity index (χ3n) is 7.43. The van der Waals surface area contributed by atoms with Gasteiger partial charge in [0.05, 0.1) is 31.2 Å². The molecular formula is C29H35N7O10S2. The summed E-state index contributed by atoms with van der Waals surface area (Å²) in [6.45, 7) is 3.62. The van der Waals surface area contributed by atoms with E-state index in [4.69, 9.17) is 21.0 Å². The monoisotopic (exact) mass is 705 g/mol.